The Morgan fingerprint density at radius 3 is 2.80 bits per heavy atom. The summed E-state index contributed by atoms with van der Waals surface area (Å²) in [4.78, 5) is 26.1. The zero-order valence-corrected chi connectivity index (χ0v) is 14.6. The Hall–Kier alpha value is -2.53. The predicted octanol–water partition coefficient (Wildman–Crippen LogP) is 3.46. The van der Waals surface area contributed by atoms with Crippen molar-refractivity contribution in [3.63, 3.8) is 0 Å². The summed E-state index contributed by atoms with van der Waals surface area (Å²) in [5.41, 5.74) is 4.49. The number of hydrogen-bond donors (Lipinski definition) is 2. The third-order valence-electron chi connectivity index (χ3n) is 4.57. The van der Waals surface area contributed by atoms with Crippen LogP contribution >= 0.6 is 12.4 Å². The average Bonchev–Trinajstić information content (AvgIpc) is 3.22. The van der Waals surface area contributed by atoms with Gasteiger partial charge < -0.3 is 15.5 Å². The third-order valence-corrected chi connectivity index (χ3v) is 4.57. The molecule has 5 nitrogen and oxygen atoms in total. The highest BCUT2D eigenvalue weighted by Crippen LogP contribution is 2.26. The van der Waals surface area contributed by atoms with E-state index in [1.165, 1.54) is 5.56 Å². The van der Waals surface area contributed by atoms with Crippen LogP contribution in [0.5, 0.6) is 0 Å². The number of halogens is 1. The molecule has 1 fully saturated rings. The van der Waals surface area contributed by atoms with Crippen molar-refractivity contribution in [2.75, 3.05) is 28.6 Å². The van der Waals surface area contributed by atoms with Crippen LogP contribution in [0.1, 0.15) is 28.8 Å². The molecular formula is C19H20ClN3O2. The number of amides is 2. The Kier molecular flexibility index (Phi) is 4.95. The molecule has 130 valence electrons. The molecule has 2 aliphatic rings. The Balaban J connectivity index is 0.00000182. The quantitative estimate of drug-likeness (QED) is 0.884. The SMILES string of the molecule is Cl.O=C(Nc1cccc(N2CCCC2=O)c1)c1ccc2c(c1)CCN2. The van der Waals surface area contributed by atoms with Gasteiger partial charge in [-0.2, -0.15) is 0 Å². The summed E-state index contributed by atoms with van der Waals surface area (Å²) in [6.07, 6.45) is 2.43. The van der Waals surface area contributed by atoms with Gasteiger partial charge in [0, 0.05) is 42.1 Å². The van der Waals surface area contributed by atoms with Gasteiger partial charge in [-0.25, -0.2) is 0 Å². The minimum absolute atomic E-state index is 0. The zero-order chi connectivity index (χ0) is 16.5. The number of carbonyl (C=O) groups is 2. The molecule has 2 aromatic rings. The Morgan fingerprint density at radius 2 is 2.00 bits per heavy atom. The number of benzene rings is 2. The molecule has 0 aliphatic carbocycles. The molecule has 2 amide bonds. The highest BCUT2D eigenvalue weighted by atomic mass is 35.5. The van der Waals surface area contributed by atoms with Crippen molar-refractivity contribution in [1.82, 2.24) is 0 Å². The molecule has 0 aromatic heterocycles. The molecule has 2 heterocycles. The molecule has 0 radical (unpaired) electrons. The van der Waals surface area contributed by atoms with Gasteiger partial charge in [0.1, 0.15) is 0 Å². The largest absolute Gasteiger partial charge is 0.384 e. The van der Waals surface area contributed by atoms with E-state index >= 15 is 0 Å². The second-order valence-corrected chi connectivity index (χ2v) is 6.20. The minimum atomic E-state index is -0.130. The molecule has 25 heavy (non-hydrogen) atoms. The van der Waals surface area contributed by atoms with Crippen molar-refractivity contribution in [2.24, 2.45) is 0 Å². The van der Waals surface area contributed by atoms with Crippen LogP contribution in [0.2, 0.25) is 0 Å². The first kappa shape index (κ1) is 17.3. The molecule has 2 N–H and O–H groups in total. The second kappa shape index (κ2) is 7.15. The van der Waals surface area contributed by atoms with Gasteiger partial charge in [-0.3, -0.25) is 9.59 Å². The van der Waals surface area contributed by atoms with Gasteiger partial charge in [0.2, 0.25) is 5.91 Å². The number of fused-ring (bicyclic) bond motifs is 1. The fourth-order valence-corrected chi connectivity index (χ4v) is 3.32. The van der Waals surface area contributed by atoms with Crippen molar-refractivity contribution in [3.05, 3.63) is 53.6 Å². The molecular weight excluding hydrogens is 338 g/mol. The smallest absolute Gasteiger partial charge is 0.255 e. The van der Waals surface area contributed by atoms with Crippen LogP contribution < -0.4 is 15.5 Å². The van der Waals surface area contributed by atoms with Crippen LogP contribution in [0.4, 0.5) is 17.1 Å². The highest BCUT2D eigenvalue weighted by Gasteiger charge is 2.22. The van der Waals surface area contributed by atoms with Gasteiger partial charge >= 0.3 is 0 Å². The zero-order valence-electron chi connectivity index (χ0n) is 13.7. The molecule has 4 rings (SSSR count). The lowest BCUT2D eigenvalue weighted by Gasteiger charge is -2.17. The van der Waals surface area contributed by atoms with E-state index < -0.39 is 0 Å². The topological polar surface area (TPSA) is 61.4 Å². The van der Waals surface area contributed by atoms with E-state index in [1.807, 2.05) is 42.5 Å². The summed E-state index contributed by atoms with van der Waals surface area (Å²) in [5.74, 6) is 0.0131. The molecule has 2 aromatic carbocycles. The predicted molar refractivity (Wildman–Crippen MR) is 102 cm³/mol. The fraction of sp³-hybridized carbons (Fsp3) is 0.263. The average molecular weight is 358 g/mol. The third kappa shape index (κ3) is 3.46. The Labute approximate surface area is 152 Å². The normalized spacial score (nSPS) is 15.4. The summed E-state index contributed by atoms with van der Waals surface area (Å²) in [6, 6.07) is 13.2. The number of rotatable bonds is 3. The van der Waals surface area contributed by atoms with Gasteiger partial charge in [0.05, 0.1) is 0 Å². The van der Waals surface area contributed by atoms with Crippen LogP contribution in [0.15, 0.2) is 42.5 Å². The molecule has 1 saturated heterocycles. The first-order valence-electron chi connectivity index (χ1n) is 8.29. The highest BCUT2D eigenvalue weighted by molar-refractivity contribution is 6.05. The lowest BCUT2D eigenvalue weighted by Crippen LogP contribution is -2.23. The van der Waals surface area contributed by atoms with Gasteiger partial charge in [-0.1, -0.05) is 6.07 Å². The van der Waals surface area contributed by atoms with Crippen molar-refractivity contribution >= 4 is 41.3 Å². The molecule has 6 heteroatoms. The van der Waals surface area contributed by atoms with Gasteiger partial charge in [-0.05, 0) is 54.8 Å². The van der Waals surface area contributed by atoms with E-state index in [0.717, 1.165) is 37.3 Å². The summed E-state index contributed by atoms with van der Waals surface area (Å²) in [5, 5.41) is 6.22. The maximum absolute atomic E-state index is 12.5. The van der Waals surface area contributed by atoms with Crippen molar-refractivity contribution in [3.8, 4) is 0 Å². The van der Waals surface area contributed by atoms with Crippen LogP contribution in [0.3, 0.4) is 0 Å². The number of carbonyl (C=O) groups excluding carboxylic acids is 2. The number of hydrogen-bond acceptors (Lipinski definition) is 3. The van der Waals surface area contributed by atoms with Crippen LogP contribution in [0, 0.1) is 0 Å². The summed E-state index contributed by atoms with van der Waals surface area (Å²) < 4.78 is 0. The van der Waals surface area contributed by atoms with Crippen molar-refractivity contribution in [1.29, 1.82) is 0 Å². The van der Waals surface area contributed by atoms with Crippen LogP contribution in [-0.2, 0) is 11.2 Å². The molecule has 0 bridgehead atoms. The number of nitrogens with zero attached hydrogens (tertiary/aromatic N) is 1. The fourth-order valence-electron chi connectivity index (χ4n) is 3.32. The number of anilines is 3. The Bertz CT molecular complexity index is 822. The monoisotopic (exact) mass is 357 g/mol. The second-order valence-electron chi connectivity index (χ2n) is 6.20. The van der Waals surface area contributed by atoms with E-state index in [1.54, 1.807) is 4.90 Å². The molecule has 0 atom stereocenters. The summed E-state index contributed by atoms with van der Waals surface area (Å²) in [7, 11) is 0. The van der Waals surface area contributed by atoms with Crippen LogP contribution in [0.25, 0.3) is 0 Å². The maximum atomic E-state index is 12.5. The van der Waals surface area contributed by atoms with Crippen molar-refractivity contribution < 1.29 is 9.59 Å². The lowest BCUT2D eigenvalue weighted by molar-refractivity contribution is -0.117. The van der Waals surface area contributed by atoms with Crippen LogP contribution in [-0.4, -0.2) is 24.9 Å². The molecule has 2 aliphatic heterocycles. The van der Waals surface area contributed by atoms with E-state index in [9.17, 15) is 9.59 Å². The number of nitrogens with one attached hydrogen (secondary N) is 2. The van der Waals surface area contributed by atoms with E-state index in [4.69, 9.17) is 0 Å². The molecule has 0 saturated carbocycles. The van der Waals surface area contributed by atoms with E-state index in [0.29, 0.717) is 17.7 Å². The van der Waals surface area contributed by atoms with Gasteiger partial charge in [-0.15, -0.1) is 12.4 Å². The van der Waals surface area contributed by atoms with E-state index in [-0.39, 0.29) is 24.2 Å². The van der Waals surface area contributed by atoms with Gasteiger partial charge in [0.15, 0.2) is 0 Å². The van der Waals surface area contributed by atoms with Crippen molar-refractivity contribution in [2.45, 2.75) is 19.3 Å². The first-order valence-corrected chi connectivity index (χ1v) is 8.29. The first-order chi connectivity index (χ1) is 11.7. The molecule has 0 unspecified atom stereocenters. The van der Waals surface area contributed by atoms with E-state index in [2.05, 4.69) is 10.6 Å². The van der Waals surface area contributed by atoms with Gasteiger partial charge in [0.25, 0.3) is 5.91 Å². The summed E-state index contributed by atoms with van der Waals surface area (Å²) >= 11 is 0. The lowest BCUT2D eigenvalue weighted by atomic mass is 10.1. The standard InChI is InChI=1S/C19H19N3O2.ClH/c23-18-5-2-10-22(18)16-4-1-3-15(12-16)21-19(24)14-6-7-17-13(11-14)8-9-20-17;/h1,3-4,6-7,11-12,20H,2,5,8-10H2,(H,21,24);1H. The molecule has 0 spiro atoms. The minimum Gasteiger partial charge on any atom is -0.384 e. The summed E-state index contributed by atoms with van der Waals surface area (Å²) in [6.45, 7) is 1.67. The Morgan fingerprint density at radius 1 is 1.12 bits per heavy atom. The maximum Gasteiger partial charge on any atom is 0.255 e.